The normalized spacial score (nSPS) is 16.4. The molecule has 31 nitrogen and oxygen atoms in total. The van der Waals surface area contributed by atoms with Gasteiger partial charge in [-0.2, -0.15) is 0 Å². The first-order valence-electron chi connectivity index (χ1n) is 39.8. The Hall–Kier alpha value is -11.0. The van der Waals surface area contributed by atoms with Gasteiger partial charge in [-0.1, -0.05) is 112 Å². The summed E-state index contributed by atoms with van der Waals surface area (Å²) in [4.78, 5) is 184. The van der Waals surface area contributed by atoms with Crippen molar-refractivity contribution in [2.24, 2.45) is 11.7 Å². The lowest BCUT2D eigenvalue weighted by atomic mass is 9.99. The molecule has 2 aliphatic heterocycles. The number of likely N-dealkylation sites (tertiary alicyclic amines) is 2. The molecule has 4 aromatic carbocycles. The van der Waals surface area contributed by atoms with Gasteiger partial charge in [-0.15, -0.1) is 0 Å². The highest BCUT2D eigenvalue weighted by atomic mass is 35.5. The minimum atomic E-state index is -1.85. The summed E-state index contributed by atoms with van der Waals surface area (Å²) in [5.41, 5.74) is 8.88. The summed E-state index contributed by atoms with van der Waals surface area (Å²) in [5, 5.41) is 54.2. The molecule has 2 saturated heterocycles. The highest BCUT2D eigenvalue weighted by molar-refractivity contribution is 6.30. The van der Waals surface area contributed by atoms with E-state index in [2.05, 4.69) is 70.1 Å². The predicted octanol–water partition coefficient (Wildman–Crippen LogP) is 4.94. The first-order chi connectivity index (χ1) is 55.4. The quantitative estimate of drug-likeness (QED) is 0.0137. The van der Waals surface area contributed by atoms with Gasteiger partial charge in [0.2, 0.25) is 65.0 Å². The molecule has 6 aromatic rings. The number of primary amides is 1. The number of nitro benzene ring substituents is 1. The number of benzene rings is 4. The molecule has 0 bridgehead atoms. The number of rotatable bonds is 44. The number of amides is 11. The number of halogens is 1. The van der Waals surface area contributed by atoms with Gasteiger partial charge in [-0.25, -0.2) is 0 Å². The number of hydrogen-bond donors (Lipinski definition) is 12. The molecule has 11 amide bonds. The molecular formula is C84H112ClN17O14. The van der Waals surface area contributed by atoms with E-state index in [1.54, 1.807) is 42.6 Å². The van der Waals surface area contributed by atoms with E-state index in [-0.39, 0.29) is 88.0 Å². The summed E-state index contributed by atoms with van der Waals surface area (Å²) in [5.74, 6) is -8.80. The Morgan fingerprint density at radius 3 is 1.78 bits per heavy atom. The topological polar surface area (TPSA) is 433 Å². The standard InChI is InChI=1S/C84H112ClN17O14/c1-51(2)42-67(77(107)94-66(22-12-13-38-88-52(3)4)84(114)101-41-17-24-73(101)81(111)91-53(5)75(86)105)95-76(106)65(21-11-14-39-89-62-33-36-64(90-49-62)72-23-16-40-99(72)7)93-82(112)74(47-56-28-34-63(35-29-56)102(115)116)100(8)83(113)71(50-103)98-80(110)70(46-58-18-15-37-87-48-58)97-79(109)69(44-55-26-31-61(85)32-27-55)96-78(108)68(92-54(6)104)45-57-25-30-59-19-9-10-20-60(59)43-57/h9-10,15,18-20,25-37,43,48-49,51-53,65-74,88-89,103H,11-14,16-17,21-24,38-42,44-47,50H2,1-8H3,(H2,86,105)(H,91,111)(H,92,104)(H,93,112)(H,94,107)(H,95,106)(H,96,108)(H,97,109)(H,98,110)/t53-,65-,66-,67-,68-,69-,70-,71-,72?,73-,74-/m0/s1. The fourth-order valence-electron chi connectivity index (χ4n) is 14.4. The number of hydrogen-bond acceptors (Lipinski definition) is 19. The Kier molecular flexibility index (Phi) is 34.9. The number of nitrogens with zero attached hydrogens (tertiary/aromatic N) is 6. The number of nitro groups is 1. The number of aliphatic hydroxyl groups excluding tert-OH is 1. The largest absolute Gasteiger partial charge is 0.394 e. The smallest absolute Gasteiger partial charge is 0.269 e. The molecular weight excluding hydrogens is 1510 g/mol. The van der Waals surface area contributed by atoms with Crippen molar-refractivity contribution in [1.29, 1.82) is 0 Å². The van der Waals surface area contributed by atoms with Crippen LogP contribution in [-0.2, 0) is 78.4 Å². The Balaban J connectivity index is 1.07. The first-order valence-corrected chi connectivity index (χ1v) is 40.2. The fraction of sp³-hybridized carbons (Fsp3) is 0.488. The minimum absolute atomic E-state index is 0.0259. The number of aliphatic hydroxyl groups is 1. The minimum Gasteiger partial charge on any atom is -0.394 e. The SMILES string of the molecule is CC(=O)N[C@@H](Cc1ccc2ccccc2c1)C(=O)N[C@@H](Cc1ccc(Cl)cc1)C(=O)N[C@@H](Cc1cccnc1)C(=O)N[C@@H](CO)C(=O)N(C)[C@@H](Cc1ccc([N+](=O)[O-])cc1)C(=O)N[C@@H](CCCCNc1ccc(C2CCCN2C)nc1)C(=O)N[C@@H](CC(C)C)C(=O)N[C@@H](CCCCNC(C)C)C(=O)N1CCC[C@H]1C(=O)N[C@@H](C)C(N)=O. The average Bonchev–Trinajstić information content (AvgIpc) is 1.42. The third-order valence-electron chi connectivity index (χ3n) is 20.8. The van der Waals surface area contributed by atoms with Crippen LogP contribution in [0, 0.1) is 16.0 Å². The molecule has 624 valence electrons. The molecule has 116 heavy (non-hydrogen) atoms. The zero-order valence-corrected chi connectivity index (χ0v) is 68.0. The van der Waals surface area contributed by atoms with E-state index in [9.17, 15) is 44.0 Å². The monoisotopic (exact) mass is 1620 g/mol. The lowest BCUT2D eigenvalue weighted by Gasteiger charge is -2.33. The third kappa shape index (κ3) is 27.6. The number of carbonyl (C=O) groups is 11. The number of anilines is 1. The summed E-state index contributed by atoms with van der Waals surface area (Å²) in [6.07, 6.45) is 8.69. The van der Waals surface area contributed by atoms with Crippen LogP contribution < -0.4 is 58.9 Å². The molecule has 4 heterocycles. The van der Waals surface area contributed by atoms with Crippen LogP contribution in [0.4, 0.5) is 11.4 Å². The maximum Gasteiger partial charge on any atom is 0.269 e. The summed E-state index contributed by atoms with van der Waals surface area (Å²) in [6.45, 7) is 11.4. The molecule has 0 aliphatic carbocycles. The number of carbonyl (C=O) groups excluding carboxylic acids is 11. The third-order valence-corrected chi connectivity index (χ3v) is 21.1. The lowest BCUT2D eigenvalue weighted by molar-refractivity contribution is -0.384. The second-order valence-electron chi connectivity index (χ2n) is 30.8. The maximum atomic E-state index is 15.5. The van der Waals surface area contributed by atoms with E-state index < -0.39 is 137 Å². The molecule has 8 rings (SSSR count). The Morgan fingerprint density at radius 2 is 1.17 bits per heavy atom. The van der Waals surface area contributed by atoms with Gasteiger partial charge in [-0.05, 0) is 167 Å². The van der Waals surface area contributed by atoms with Crippen molar-refractivity contribution in [1.82, 2.24) is 72.5 Å². The molecule has 0 radical (unpaired) electrons. The van der Waals surface area contributed by atoms with Gasteiger partial charge in [0, 0.05) is 88.3 Å². The van der Waals surface area contributed by atoms with Crippen LogP contribution in [0.1, 0.15) is 146 Å². The van der Waals surface area contributed by atoms with Crippen molar-refractivity contribution < 1.29 is 62.8 Å². The van der Waals surface area contributed by atoms with Crippen LogP contribution in [0.25, 0.3) is 10.8 Å². The van der Waals surface area contributed by atoms with Crippen LogP contribution in [0.15, 0.2) is 134 Å². The van der Waals surface area contributed by atoms with Gasteiger partial charge in [0.25, 0.3) is 5.69 Å². The Labute approximate surface area is 681 Å². The zero-order valence-electron chi connectivity index (χ0n) is 67.2. The number of nitrogens with one attached hydrogen (secondary N) is 10. The van der Waals surface area contributed by atoms with Crippen molar-refractivity contribution in [3.63, 3.8) is 0 Å². The van der Waals surface area contributed by atoms with Crippen molar-refractivity contribution in [3.8, 4) is 0 Å². The van der Waals surface area contributed by atoms with Crippen LogP contribution in [0.3, 0.4) is 0 Å². The molecule has 11 atom stereocenters. The molecule has 2 aromatic heterocycles. The summed E-state index contributed by atoms with van der Waals surface area (Å²) < 4.78 is 0. The highest BCUT2D eigenvalue weighted by Crippen LogP contribution is 2.30. The number of pyridine rings is 2. The number of unbranched alkanes of at least 4 members (excludes halogenated alkanes) is 2. The second-order valence-corrected chi connectivity index (χ2v) is 31.2. The number of likely N-dealkylation sites (N-methyl/N-ethyl adjacent to an activating group) is 1. The van der Waals surface area contributed by atoms with E-state index in [1.165, 1.54) is 62.5 Å². The second kappa shape index (κ2) is 44.7. The number of nitrogens with two attached hydrogens (primary N) is 1. The molecule has 32 heteroatoms. The average molecular weight is 1620 g/mol. The van der Waals surface area contributed by atoms with E-state index in [0.29, 0.717) is 66.0 Å². The van der Waals surface area contributed by atoms with E-state index in [1.807, 2.05) is 82.3 Å². The van der Waals surface area contributed by atoms with Gasteiger partial charge in [0.15, 0.2) is 0 Å². The van der Waals surface area contributed by atoms with Gasteiger partial charge < -0.3 is 73.8 Å². The predicted molar refractivity (Wildman–Crippen MR) is 440 cm³/mol. The van der Waals surface area contributed by atoms with Crippen molar-refractivity contribution in [2.45, 2.75) is 210 Å². The molecule has 0 spiro atoms. The number of fused-ring (bicyclic) bond motifs is 1. The Bertz CT molecular complexity index is 4330. The Morgan fingerprint density at radius 1 is 0.603 bits per heavy atom. The number of non-ortho nitro benzene ring substituents is 1. The van der Waals surface area contributed by atoms with Gasteiger partial charge in [0.1, 0.15) is 60.4 Å². The van der Waals surface area contributed by atoms with E-state index in [0.717, 1.165) is 46.4 Å². The van der Waals surface area contributed by atoms with Crippen LogP contribution in [-0.4, -0.2) is 213 Å². The molecule has 0 saturated carbocycles. The molecule has 2 aliphatic rings. The maximum absolute atomic E-state index is 15.5. The first kappa shape index (κ1) is 90.5. The van der Waals surface area contributed by atoms with Gasteiger partial charge in [0.05, 0.1) is 35.2 Å². The van der Waals surface area contributed by atoms with Crippen molar-refractivity contribution >= 4 is 98.7 Å². The van der Waals surface area contributed by atoms with Crippen LogP contribution in [0.5, 0.6) is 0 Å². The number of aromatic nitrogens is 2. The lowest BCUT2D eigenvalue weighted by Crippen LogP contribution is -2.62. The van der Waals surface area contributed by atoms with Gasteiger partial charge >= 0.3 is 0 Å². The van der Waals surface area contributed by atoms with E-state index >= 15 is 24.0 Å². The zero-order chi connectivity index (χ0) is 84.1. The van der Waals surface area contributed by atoms with Gasteiger partial charge in [-0.3, -0.25) is 77.7 Å². The van der Waals surface area contributed by atoms with Crippen LogP contribution >= 0.6 is 11.6 Å². The summed E-state index contributed by atoms with van der Waals surface area (Å²) in [6, 6.07) is 18.8. The van der Waals surface area contributed by atoms with Crippen molar-refractivity contribution in [2.75, 3.05) is 52.2 Å². The van der Waals surface area contributed by atoms with E-state index in [4.69, 9.17) is 22.3 Å². The van der Waals surface area contributed by atoms with Crippen LogP contribution in [0.2, 0.25) is 5.02 Å². The molecule has 13 N–H and O–H groups in total. The molecule has 1 unspecified atom stereocenters. The van der Waals surface area contributed by atoms with Crippen molar-refractivity contribution in [3.05, 3.63) is 177 Å². The fourth-order valence-corrected chi connectivity index (χ4v) is 14.5. The summed E-state index contributed by atoms with van der Waals surface area (Å²) in [7, 11) is 3.30. The summed E-state index contributed by atoms with van der Waals surface area (Å²) >= 11 is 6.28. The molecule has 2 fully saturated rings. The highest BCUT2D eigenvalue weighted by Gasteiger charge is 2.41.